The summed E-state index contributed by atoms with van der Waals surface area (Å²) in [4.78, 5) is 34.4. The third-order valence-corrected chi connectivity index (χ3v) is 8.08. The fourth-order valence-corrected chi connectivity index (χ4v) is 6.59. The van der Waals surface area contributed by atoms with Crippen molar-refractivity contribution in [1.82, 2.24) is 18.9 Å². The minimum Gasteiger partial charge on any atom is -0.302 e. The molecule has 170 valence electrons. The molecule has 0 spiro atoms. The Bertz CT molecular complexity index is 1200. The van der Waals surface area contributed by atoms with E-state index < -0.39 is 0 Å². The number of rotatable bonds is 6. The summed E-state index contributed by atoms with van der Waals surface area (Å²) in [6.07, 6.45) is 5.76. The van der Waals surface area contributed by atoms with Gasteiger partial charge in [-0.15, -0.1) is 11.3 Å². The highest BCUT2D eigenvalue weighted by molar-refractivity contribution is 7.18. The number of piperidine rings is 1. The Balaban J connectivity index is 1.64. The quantitative estimate of drug-likeness (QED) is 0.575. The summed E-state index contributed by atoms with van der Waals surface area (Å²) in [6.45, 7) is 8.82. The van der Waals surface area contributed by atoms with Gasteiger partial charge in [0.1, 0.15) is 4.83 Å². The van der Waals surface area contributed by atoms with E-state index in [1.807, 2.05) is 34.9 Å². The predicted octanol–water partition coefficient (Wildman–Crippen LogP) is 3.47. The number of benzene rings is 1. The minimum atomic E-state index is -0.213. The van der Waals surface area contributed by atoms with Crippen LogP contribution in [0, 0.1) is 0 Å². The van der Waals surface area contributed by atoms with Crippen LogP contribution in [0.5, 0.6) is 0 Å². The summed E-state index contributed by atoms with van der Waals surface area (Å²) >= 11 is 1.66. The zero-order valence-electron chi connectivity index (χ0n) is 18.9. The molecule has 4 heterocycles. The van der Waals surface area contributed by atoms with Crippen LogP contribution in [0.3, 0.4) is 0 Å². The van der Waals surface area contributed by atoms with E-state index in [1.54, 1.807) is 11.3 Å². The molecule has 3 aromatic rings. The van der Waals surface area contributed by atoms with Gasteiger partial charge in [-0.25, -0.2) is 9.36 Å². The standard InChI is InChI=1S/C25H32N4O2S/c1-2-12-27-15-11-20-21(18-27)32-24-22(20)23(30)29(19-9-5-3-6-10-19)25(31)28(24)17-16-26-13-7-4-8-14-26/h3,5-6,9-10H,2,4,7-8,11-18H2,1H3. The van der Waals surface area contributed by atoms with Gasteiger partial charge in [-0.2, -0.15) is 0 Å². The number of likely N-dealkylation sites (tertiary alicyclic amines) is 1. The zero-order chi connectivity index (χ0) is 22.1. The maximum absolute atomic E-state index is 13.7. The molecule has 2 aromatic heterocycles. The van der Waals surface area contributed by atoms with Crippen LogP contribution in [-0.2, 0) is 19.5 Å². The summed E-state index contributed by atoms with van der Waals surface area (Å²) in [5, 5.41) is 0.767. The molecule has 0 atom stereocenters. The average Bonchev–Trinajstić information content (AvgIpc) is 3.19. The lowest BCUT2D eigenvalue weighted by atomic mass is 10.1. The van der Waals surface area contributed by atoms with Gasteiger partial charge in [0.05, 0.1) is 11.1 Å². The molecule has 32 heavy (non-hydrogen) atoms. The maximum atomic E-state index is 13.7. The summed E-state index contributed by atoms with van der Waals surface area (Å²) < 4.78 is 3.27. The van der Waals surface area contributed by atoms with Crippen molar-refractivity contribution in [2.45, 2.75) is 52.1 Å². The van der Waals surface area contributed by atoms with E-state index in [0.717, 1.165) is 62.3 Å². The van der Waals surface area contributed by atoms with E-state index in [9.17, 15) is 9.59 Å². The van der Waals surface area contributed by atoms with Crippen molar-refractivity contribution in [1.29, 1.82) is 0 Å². The van der Waals surface area contributed by atoms with Gasteiger partial charge in [0.15, 0.2) is 0 Å². The number of hydrogen-bond donors (Lipinski definition) is 0. The van der Waals surface area contributed by atoms with Crippen molar-refractivity contribution in [3.63, 3.8) is 0 Å². The fourth-order valence-electron chi connectivity index (χ4n) is 5.19. The Kier molecular flexibility index (Phi) is 6.31. The second kappa shape index (κ2) is 9.33. The SMILES string of the molecule is CCCN1CCc2c(sc3c2c(=O)n(-c2ccccc2)c(=O)n3CCN2CCCCC2)C1. The van der Waals surface area contributed by atoms with Crippen LogP contribution in [0.1, 0.15) is 43.0 Å². The van der Waals surface area contributed by atoms with Crippen molar-refractivity contribution < 1.29 is 0 Å². The Hall–Kier alpha value is -2.22. The molecule has 0 amide bonds. The molecule has 7 heteroatoms. The molecule has 1 saturated heterocycles. The maximum Gasteiger partial charge on any atom is 0.336 e. The van der Waals surface area contributed by atoms with Gasteiger partial charge >= 0.3 is 5.69 Å². The lowest BCUT2D eigenvalue weighted by molar-refractivity contribution is 0.220. The van der Waals surface area contributed by atoms with E-state index in [4.69, 9.17) is 0 Å². The van der Waals surface area contributed by atoms with Gasteiger partial charge in [-0.1, -0.05) is 31.5 Å². The number of fused-ring (bicyclic) bond motifs is 3. The predicted molar refractivity (Wildman–Crippen MR) is 131 cm³/mol. The highest BCUT2D eigenvalue weighted by atomic mass is 32.1. The topological polar surface area (TPSA) is 50.5 Å². The van der Waals surface area contributed by atoms with Gasteiger partial charge in [-0.05, 0) is 63.0 Å². The van der Waals surface area contributed by atoms with Crippen LogP contribution >= 0.6 is 11.3 Å². The van der Waals surface area contributed by atoms with E-state index >= 15 is 0 Å². The molecule has 0 N–H and O–H groups in total. The Morgan fingerprint density at radius 2 is 1.69 bits per heavy atom. The number of para-hydroxylation sites is 1. The summed E-state index contributed by atoms with van der Waals surface area (Å²) in [5.74, 6) is 0. The Labute approximate surface area is 192 Å². The first kappa shape index (κ1) is 21.6. The van der Waals surface area contributed by atoms with Crippen molar-refractivity contribution >= 4 is 21.6 Å². The molecular weight excluding hydrogens is 420 g/mol. The lowest BCUT2D eigenvalue weighted by Gasteiger charge is -2.26. The van der Waals surface area contributed by atoms with E-state index in [2.05, 4.69) is 16.7 Å². The molecule has 6 nitrogen and oxygen atoms in total. The fraction of sp³-hybridized carbons (Fsp3) is 0.520. The molecule has 2 aliphatic rings. The molecule has 0 bridgehead atoms. The second-order valence-electron chi connectivity index (χ2n) is 9.02. The first-order valence-corrected chi connectivity index (χ1v) is 12.8. The van der Waals surface area contributed by atoms with Crippen molar-refractivity contribution in [2.24, 2.45) is 0 Å². The largest absolute Gasteiger partial charge is 0.336 e. The Morgan fingerprint density at radius 1 is 0.906 bits per heavy atom. The monoisotopic (exact) mass is 452 g/mol. The Morgan fingerprint density at radius 3 is 2.44 bits per heavy atom. The van der Waals surface area contributed by atoms with Crippen LogP contribution in [-0.4, -0.2) is 51.7 Å². The molecule has 2 aliphatic heterocycles. The number of nitrogens with zero attached hydrogens (tertiary/aromatic N) is 4. The molecule has 0 unspecified atom stereocenters. The van der Waals surface area contributed by atoms with Crippen LogP contribution in [0.2, 0.25) is 0 Å². The highest BCUT2D eigenvalue weighted by Gasteiger charge is 2.26. The molecule has 1 fully saturated rings. The normalized spacial score (nSPS) is 17.7. The summed E-state index contributed by atoms with van der Waals surface area (Å²) in [7, 11) is 0. The van der Waals surface area contributed by atoms with Crippen LogP contribution in [0.25, 0.3) is 15.9 Å². The van der Waals surface area contributed by atoms with Gasteiger partial charge in [-0.3, -0.25) is 14.3 Å². The lowest BCUT2D eigenvalue weighted by Crippen LogP contribution is -2.41. The van der Waals surface area contributed by atoms with Crippen LogP contribution < -0.4 is 11.2 Å². The minimum absolute atomic E-state index is 0.160. The first-order valence-electron chi connectivity index (χ1n) is 12.0. The van der Waals surface area contributed by atoms with Crippen molar-refractivity contribution in [3.8, 4) is 5.69 Å². The molecule has 0 aliphatic carbocycles. The molecule has 0 radical (unpaired) electrons. The van der Waals surface area contributed by atoms with Crippen molar-refractivity contribution in [2.75, 3.05) is 32.7 Å². The van der Waals surface area contributed by atoms with Gasteiger partial charge in [0.25, 0.3) is 5.56 Å². The molecular formula is C25H32N4O2S. The molecule has 1 aromatic carbocycles. The van der Waals surface area contributed by atoms with Gasteiger partial charge in [0, 0.05) is 31.1 Å². The van der Waals surface area contributed by atoms with E-state index in [-0.39, 0.29) is 11.2 Å². The van der Waals surface area contributed by atoms with E-state index in [1.165, 1.54) is 34.3 Å². The smallest absolute Gasteiger partial charge is 0.302 e. The third kappa shape index (κ3) is 3.98. The first-order chi connectivity index (χ1) is 15.7. The van der Waals surface area contributed by atoms with Crippen LogP contribution in [0.15, 0.2) is 39.9 Å². The summed E-state index contributed by atoms with van der Waals surface area (Å²) in [5.41, 5.74) is 1.44. The molecule has 5 rings (SSSR count). The highest BCUT2D eigenvalue weighted by Crippen LogP contribution is 2.33. The van der Waals surface area contributed by atoms with E-state index in [0.29, 0.717) is 12.2 Å². The summed E-state index contributed by atoms with van der Waals surface area (Å²) in [6, 6.07) is 9.39. The van der Waals surface area contributed by atoms with Crippen molar-refractivity contribution in [3.05, 3.63) is 61.6 Å². The van der Waals surface area contributed by atoms with Gasteiger partial charge < -0.3 is 4.90 Å². The number of thiophene rings is 1. The van der Waals surface area contributed by atoms with Crippen LogP contribution in [0.4, 0.5) is 0 Å². The molecule has 0 saturated carbocycles. The number of hydrogen-bond acceptors (Lipinski definition) is 5. The zero-order valence-corrected chi connectivity index (χ0v) is 19.7. The second-order valence-corrected chi connectivity index (χ2v) is 10.1. The number of aromatic nitrogens is 2. The van der Waals surface area contributed by atoms with Gasteiger partial charge in [0.2, 0.25) is 0 Å². The third-order valence-electron chi connectivity index (χ3n) is 6.84. The average molecular weight is 453 g/mol.